The average molecular weight is 952 g/mol. The summed E-state index contributed by atoms with van der Waals surface area (Å²) in [7, 11) is 0. The maximum absolute atomic E-state index is 15.4. The number of benzene rings is 5. The lowest BCUT2D eigenvalue weighted by Crippen LogP contribution is -2.70. The zero-order valence-electron chi connectivity index (χ0n) is 39.3. The summed E-state index contributed by atoms with van der Waals surface area (Å²) in [5, 5.41) is 38.4. The molecular formula is C56H61N3O9S. The molecule has 360 valence electrons. The van der Waals surface area contributed by atoms with Gasteiger partial charge in [-0.3, -0.25) is 14.9 Å². The van der Waals surface area contributed by atoms with Gasteiger partial charge in [-0.2, -0.15) is 0 Å². The quantitative estimate of drug-likeness (QED) is 0.0171. The van der Waals surface area contributed by atoms with Crippen molar-refractivity contribution in [2.24, 2.45) is 22.9 Å². The van der Waals surface area contributed by atoms with Crippen molar-refractivity contribution in [3.63, 3.8) is 0 Å². The van der Waals surface area contributed by atoms with Crippen LogP contribution in [0, 0.1) is 27.9 Å². The zero-order valence-corrected chi connectivity index (χ0v) is 40.1. The fourth-order valence-electron chi connectivity index (χ4n) is 10.6. The van der Waals surface area contributed by atoms with Gasteiger partial charge in [-0.25, -0.2) is 0 Å². The Kier molecular flexibility index (Phi) is 16.3. The molecule has 0 unspecified atom stereocenters. The minimum Gasteiger partial charge on any atom is -0.459 e. The molecule has 0 aromatic heterocycles. The SMILES string of the molecule is C=CCO[C@@]12Oc3ccc(Oc4ccc(SC)cc4)cc3[C@H]3[C@H](CCCCO)[C@@H](CCCCO)C=C(C(=NOCC)C[C@@H]1N(Cc1cccc4ccccc14)C(=O)C=Cc1ccc([N+](=O)[O-])cc1)[C@H]32. The molecule has 1 amide bonds. The number of nitrogens with zero attached hydrogens (tertiary/aromatic N) is 3. The average Bonchev–Trinajstić information content (AvgIpc) is 3.37. The Labute approximate surface area is 408 Å². The molecule has 0 spiro atoms. The molecule has 12 nitrogen and oxygen atoms in total. The number of aliphatic hydroxyl groups excluding tert-OH is 2. The van der Waals surface area contributed by atoms with Crippen molar-refractivity contribution in [3.05, 3.63) is 166 Å². The van der Waals surface area contributed by atoms with Gasteiger partial charge in [0.15, 0.2) is 0 Å². The van der Waals surface area contributed by atoms with Crippen LogP contribution in [0.5, 0.6) is 17.2 Å². The molecule has 1 aliphatic heterocycles. The maximum atomic E-state index is 15.4. The summed E-state index contributed by atoms with van der Waals surface area (Å²) >= 11 is 1.66. The number of aliphatic hydroxyl groups is 2. The van der Waals surface area contributed by atoms with E-state index in [9.17, 15) is 20.3 Å². The highest BCUT2D eigenvalue weighted by Crippen LogP contribution is 2.62. The van der Waals surface area contributed by atoms with E-state index in [1.807, 2.05) is 78.7 Å². The molecular weight excluding hydrogens is 891 g/mol. The molecule has 2 N–H and O–H groups in total. The number of unbranched alkanes of at least 4 members (excludes halogenated alkanes) is 2. The lowest BCUT2D eigenvalue weighted by Gasteiger charge is -2.60. The number of nitro groups is 1. The number of nitro benzene ring substituents is 1. The van der Waals surface area contributed by atoms with Crippen molar-refractivity contribution in [2.75, 3.05) is 32.7 Å². The topological polar surface area (TPSA) is 153 Å². The second-order valence-corrected chi connectivity index (χ2v) is 18.6. The summed E-state index contributed by atoms with van der Waals surface area (Å²) in [4.78, 5) is 35.4. The van der Waals surface area contributed by atoms with E-state index in [0.29, 0.717) is 48.0 Å². The highest BCUT2D eigenvalue weighted by Gasteiger charge is 2.65. The fraction of sp³-hybridized carbons (Fsp3) is 0.357. The first kappa shape index (κ1) is 49.2. The maximum Gasteiger partial charge on any atom is 0.269 e. The first-order valence-electron chi connectivity index (χ1n) is 23.9. The predicted octanol–water partition coefficient (Wildman–Crippen LogP) is 11.7. The summed E-state index contributed by atoms with van der Waals surface area (Å²) in [5.74, 6) is -0.552. The van der Waals surface area contributed by atoms with Gasteiger partial charge in [0.1, 0.15) is 29.9 Å². The van der Waals surface area contributed by atoms with Crippen LogP contribution in [0.25, 0.3) is 16.8 Å². The number of oxime groups is 1. The molecule has 8 rings (SSSR count). The summed E-state index contributed by atoms with van der Waals surface area (Å²) < 4.78 is 21.3. The van der Waals surface area contributed by atoms with Crippen LogP contribution < -0.4 is 9.47 Å². The Morgan fingerprint density at radius 2 is 1.70 bits per heavy atom. The minimum absolute atomic E-state index is 0.0193. The van der Waals surface area contributed by atoms with Gasteiger partial charge in [0.05, 0.1) is 23.2 Å². The molecule has 1 saturated carbocycles. The van der Waals surface area contributed by atoms with Gasteiger partial charge in [-0.05, 0) is 139 Å². The Bertz CT molecular complexity index is 2680. The lowest BCUT2D eigenvalue weighted by atomic mass is 9.55. The van der Waals surface area contributed by atoms with E-state index >= 15 is 4.79 Å². The van der Waals surface area contributed by atoms with E-state index in [0.717, 1.165) is 58.1 Å². The molecule has 1 heterocycles. The summed E-state index contributed by atoms with van der Waals surface area (Å²) in [6, 6.07) is 33.4. The lowest BCUT2D eigenvalue weighted by molar-refractivity contribution is -0.384. The third-order valence-corrected chi connectivity index (χ3v) is 14.4. The minimum atomic E-state index is -1.49. The molecule has 0 radical (unpaired) electrons. The molecule has 13 heteroatoms. The standard InChI is InChI=1S/C56H61N3O9S/c1-4-33-65-56-52(58(37-41-16-12-15-39-13-6-7-17-46(39)41)53(62)30-21-38-19-22-42(23-20-38)59(63)64)36-50(57-66-5-2)48-34-40(14-8-10-31-60)47(18-9-11-32-61)54(55(48)56)49-35-44(26-29-51(49)68-56)67-43-24-27-45(69-3)28-25-43/h4,6-7,12-13,15-17,19-30,34-35,40,47,52,54-55,60-61H,1,5,8-11,14,18,31-33,36-37H2,2-3H3/t40-,47+,52-,54+,55+,56+/m0/s1. The van der Waals surface area contributed by atoms with Crippen LogP contribution in [-0.2, 0) is 20.9 Å². The van der Waals surface area contributed by atoms with Crippen molar-refractivity contribution in [1.29, 1.82) is 0 Å². The molecule has 1 fully saturated rings. The third kappa shape index (κ3) is 10.8. The number of carbonyl (C=O) groups is 1. The summed E-state index contributed by atoms with van der Waals surface area (Å²) in [5.41, 5.74) is 4.07. The van der Waals surface area contributed by atoms with E-state index < -0.39 is 22.7 Å². The second kappa shape index (κ2) is 22.9. The van der Waals surface area contributed by atoms with Crippen molar-refractivity contribution >= 4 is 45.9 Å². The molecule has 5 aromatic rings. The first-order valence-corrected chi connectivity index (χ1v) is 25.2. The highest BCUT2D eigenvalue weighted by atomic mass is 32.2. The van der Waals surface area contributed by atoms with Gasteiger partial charge in [0.25, 0.3) is 5.69 Å². The number of ether oxygens (including phenoxy) is 3. The monoisotopic (exact) mass is 951 g/mol. The Morgan fingerprint density at radius 3 is 2.42 bits per heavy atom. The number of non-ortho nitro benzene ring substituents is 1. The number of hydrogen-bond acceptors (Lipinski definition) is 11. The summed E-state index contributed by atoms with van der Waals surface area (Å²) in [6.07, 6.45) is 14.0. The number of thioether (sulfide) groups is 1. The van der Waals surface area contributed by atoms with Gasteiger partial charge in [-0.15, -0.1) is 18.3 Å². The van der Waals surface area contributed by atoms with Crippen LogP contribution in [0.3, 0.4) is 0 Å². The van der Waals surface area contributed by atoms with E-state index in [2.05, 4.69) is 36.9 Å². The highest BCUT2D eigenvalue weighted by molar-refractivity contribution is 7.98. The van der Waals surface area contributed by atoms with Crippen LogP contribution in [0.4, 0.5) is 5.69 Å². The van der Waals surface area contributed by atoms with Gasteiger partial charge < -0.3 is 34.2 Å². The van der Waals surface area contributed by atoms with Gasteiger partial charge in [-0.1, -0.05) is 72.6 Å². The Morgan fingerprint density at radius 1 is 0.957 bits per heavy atom. The Hall–Kier alpha value is -6.25. The van der Waals surface area contributed by atoms with Crippen molar-refractivity contribution < 1.29 is 39.0 Å². The predicted molar refractivity (Wildman–Crippen MR) is 272 cm³/mol. The van der Waals surface area contributed by atoms with Crippen LogP contribution in [0.1, 0.15) is 74.5 Å². The van der Waals surface area contributed by atoms with Crippen molar-refractivity contribution in [3.8, 4) is 17.2 Å². The Balaban J connectivity index is 1.34. The molecule has 0 bridgehead atoms. The third-order valence-electron chi connectivity index (χ3n) is 13.6. The smallest absolute Gasteiger partial charge is 0.269 e. The van der Waals surface area contributed by atoms with E-state index in [1.54, 1.807) is 36.0 Å². The molecule has 3 aliphatic rings. The number of rotatable bonds is 22. The van der Waals surface area contributed by atoms with Gasteiger partial charge in [0, 0.05) is 60.8 Å². The van der Waals surface area contributed by atoms with E-state index in [-0.39, 0.29) is 62.1 Å². The number of carbonyl (C=O) groups excluding carboxylic acids is 1. The van der Waals surface area contributed by atoms with E-state index in [1.165, 1.54) is 18.2 Å². The molecule has 6 atom stereocenters. The van der Waals surface area contributed by atoms with Gasteiger partial charge in [0.2, 0.25) is 11.7 Å². The number of allylic oxidation sites excluding steroid dienone is 1. The second-order valence-electron chi connectivity index (χ2n) is 17.8. The van der Waals surface area contributed by atoms with Crippen LogP contribution in [0.15, 0.2) is 150 Å². The molecule has 5 aromatic carbocycles. The van der Waals surface area contributed by atoms with Gasteiger partial charge >= 0.3 is 0 Å². The number of fused-ring (bicyclic) bond motifs is 3. The number of amides is 1. The largest absolute Gasteiger partial charge is 0.459 e. The first-order chi connectivity index (χ1) is 33.7. The zero-order chi connectivity index (χ0) is 48.3. The molecule has 0 saturated heterocycles. The van der Waals surface area contributed by atoms with Crippen molar-refractivity contribution in [2.45, 2.75) is 81.1 Å². The van der Waals surface area contributed by atoms with Crippen LogP contribution in [0.2, 0.25) is 0 Å². The fourth-order valence-corrected chi connectivity index (χ4v) is 11.0. The molecule has 69 heavy (non-hydrogen) atoms. The van der Waals surface area contributed by atoms with Crippen LogP contribution in [-0.4, -0.2) is 76.2 Å². The summed E-state index contributed by atoms with van der Waals surface area (Å²) in [6.45, 7) is 6.75. The normalized spacial score (nSPS) is 22.1. The van der Waals surface area contributed by atoms with Crippen LogP contribution >= 0.6 is 11.8 Å². The number of hydrogen-bond donors (Lipinski definition) is 2. The van der Waals surface area contributed by atoms with E-state index in [4.69, 9.17) is 24.2 Å². The molecule has 2 aliphatic carbocycles. The van der Waals surface area contributed by atoms with Crippen molar-refractivity contribution in [1.82, 2.24) is 4.90 Å².